The van der Waals surface area contributed by atoms with Crippen molar-refractivity contribution in [1.29, 1.82) is 0 Å². The summed E-state index contributed by atoms with van der Waals surface area (Å²) in [4.78, 5) is 11.7. The van der Waals surface area contributed by atoms with Crippen LogP contribution in [0.3, 0.4) is 0 Å². The van der Waals surface area contributed by atoms with Crippen LogP contribution >= 0.6 is 15.9 Å². The van der Waals surface area contributed by atoms with Gasteiger partial charge in [0, 0.05) is 0 Å². The molecule has 4 nitrogen and oxygen atoms in total. The maximum Gasteiger partial charge on any atom is 0.277 e. The number of hydrazone groups is 1. The Hall–Kier alpha value is -2.14. The molecule has 2 rings (SSSR count). The number of amides is 1. The van der Waals surface area contributed by atoms with Crippen LogP contribution in [-0.2, 0) is 11.2 Å². The van der Waals surface area contributed by atoms with Gasteiger partial charge in [0.05, 0.1) is 10.7 Å². The summed E-state index contributed by atoms with van der Waals surface area (Å²) in [7, 11) is 0. The van der Waals surface area contributed by atoms with E-state index in [9.17, 15) is 4.79 Å². The lowest BCUT2D eigenvalue weighted by atomic mass is 10.2. The molecule has 114 valence electrons. The molecule has 0 radical (unpaired) electrons. The Morgan fingerprint density at radius 2 is 2.05 bits per heavy atom. The second-order valence-corrected chi connectivity index (χ2v) is 5.47. The molecular weight excluding hydrogens is 344 g/mol. The van der Waals surface area contributed by atoms with Gasteiger partial charge in [0.15, 0.2) is 6.61 Å². The molecule has 0 aromatic heterocycles. The van der Waals surface area contributed by atoms with Crippen molar-refractivity contribution < 1.29 is 9.53 Å². The molecule has 0 aliphatic heterocycles. The van der Waals surface area contributed by atoms with Crippen molar-refractivity contribution in [2.45, 2.75) is 13.3 Å². The Balaban J connectivity index is 1.82. The van der Waals surface area contributed by atoms with E-state index in [0.717, 1.165) is 16.5 Å². The maximum absolute atomic E-state index is 11.7. The number of ether oxygens (including phenoxy) is 1. The number of aryl methyl sites for hydroxylation is 1. The Morgan fingerprint density at radius 1 is 1.27 bits per heavy atom. The zero-order valence-electron chi connectivity index (χ0n) is 12.3. The average Bonchev–Trinajstić information content (AvgIpc) is 2.54. The molecule has 0 bridgehead atoms. The Labute approximate surface area is 138 Å². The number of rotatable bonds is 6. The molecule has 1 N–H and O–H groups in total. The van der Waals surface area contributed by atoms with Crippen molar-refractivity contribution in [2.24, 2.45) is 5.10 Å². The number of hydrogen-bond acceptors (Lipinski definition) is 3. The molecule has 0 heterocycles. The molecule has 0 saturated carbocycles. The van der Waals surface area contributed by atoms with Crippen LogP contribution in [0.25, 0.3) is 0 Å². The van der Waals surface area contributed by atoms with E-state index >= 15 is 0 Å². The zero-order chi connectivity index (χ0) is 15.8. The minimum Gasteiger partial charge on any atom is -0.483 e. The normalized spacial score (nSPS) is 10.6. The van der Waals surface area contributed by atoms with Crippen molar-refractivity contribution in [3.05, 3.63) is 64.1 Å². The van der Waals surface area contributed by atoms with E-state index in [2.05, 4.69) is 33.4 Å². The predicted molar refractivity (Wildman–Crippen MR) is 91.2 cm³/mol. The summed E-state index contributed by atoms with van der Waals surface area (Å²) in [6.45, 7) is 2.00. The zero-order valence-corrected chi connectivity index (χ0v) is 13.8. The second-order valence-electron chi connectivity index (χ2n) is 4.61. The Kier molecular flexibility index (Phi) is 6.15. The number of benzene rings is 2. The molecule has 22 heavy (non-hydrogen) atoms. The molecule has 0 saturated heterocycles. The van der Waals surface area contributed by atoms with E-state index in [0.29, 0.717) is 5.75 Å². The molecule has 0 unspecified atom stereocenters. The molecular formula is C17H17BrN2O2. The number of halogens is 1. The van der Waals surface area contributed by atoms with Crippen LogP contribution in [0.2, 0.25) is 0 Å². The van der Waals surface area contributed by atoms with Gasteiger partial charge in [0.1, 0.15) is 5.75 Å². The first kappa shape index (κ1) is 16.2. The van der Waals surface area contributed by atoms with Crippen LogP contribution in [0.5, 0.6) is 5.75 Å². The lowest BCUT2D eigenvalue weighted by molar-refractivity contribution is -0.123. The molecule has 5 heteroatoms. The summed E-state index contributed by atoms with van der Waals surface area (Å²) in [5.74, 6) is 0.332. The Bertz CT molecular complexity index is 657. The number of hydrogen-bond donors (Lipinski definition) is 1. The summed E-state index contributed by atoms with van der Waals surface area (Å²) in [5, 5.41) is 3.89. The topological polar surface area (TPSA) is 50.7 Å². The van der Waals surface area contributed by atoms with E-state index in [4.69, 9.17) is 4.74 Å². The van der Waals surface area contributed by atoms with Crippen molar-refractivity contribution in [2.75, 3.05) is 6.61 Å². The fourth-order valence-corrected chi connectivity index (χ4v) is 2.32. The van der Waals surface area contributed by atoms with Gasteiger partial charge in [-0.1, -0.05) is 43.3 Å². The molecule has 2 aromatic rings. The number of nitrogens with one attached hydrogen (secondary N) is 1. The average molecular weight is 361 g/mol. The molecule has 0 fully saturated rings. The fraction of sp³-hybridized carbons (Fsp3) is 0.176. The third-order valence-electron chi connectivity index (χ3n) is 2.97. The first-order valence-electron chi connectivity index (χ1n) is 6.97. The van der Waals surface area contributed by atoms with Gasteiger partial charge in [-0.05, 0) is 45.6 Å². The van der Waals surface area contributed by atoms with Gasteiger partial charge >= 0.3 is 0 Å². The standard InChI is InChI=1S/C17H17BrN2O2/c1-2-13-8-9-16(15(18)10-13)22-12-17(21)20-19-11-14-6-4-3-5-7-14/h3-11H,2,12H2,1H3,(H,20,21)/b19-11+. The summed E-state index contributed by atoms with van der Waals surface area (Å²) >= 11 is 3.43. The molecule has 2 aromatic carbocycles. The molecule has 0 aliphatic carbocycles. The minimum absolute atomic E-state index is 0.0871. The van der Waals surface area contributed by atoms with Crippen LogP contribution in [0, 0.1) is 0 Å². The van der Waals surface area contributed by atoms with Gasteiger partial charge < -0.3 is 4.74 Å². The molecule has 1 amide bonds. The number of nitrogens with zero attached hydrogens (tertiary/aromatic N) is 1. The van der Waals surface area contributed by atoms with E-state index in [1.54, 1.807) is 6.21 Å². The van der Waals surface area contributed by atoms with Crippen LogP contribution in [0.4, 0.5) is 0 Å². The Morgan fingerprint density at radius 3 is 2.73 bits per heavy atom. The second kappa shape index (κ2) is 8.34. The largest absolute Gasteiger partial charge is 0.483 e. The summed E-state index contributed by atoms with van der Waals surface area (Å²) in [5.41, 5.74) is 4.56. The van der Waals surface area contributed by atoms with Gasteiger partial charge in [-0.2, -0.15) is 5.10 Å². The lowest BCUT2D eigenvalue weighted by Crippen LogP contribution is -2.24. The van der Waals surface area contributed by atoms with Crippen LogP contribution in [0.15, 0.2) is 58.1 Å². The van der Waals surface area contributed by atoms with Crippen molar-refractivity contribution in [3.63, 3.8) is 0 Å². The lowest BCUT2D eigenvalue weighted by Gasteiger charge is -2.08. The molecule has 0 spiro atoms. The first-order chi connectivity index (χ1) is 10.7. The van der Waals surface area contributed by atoms with E-state index in [-0.39, 0.29) is 12.5 Å². The first-order valence-corrected chi connectivity index (χ1v) is 7.76. The SMILES string of the molecule is CCc1ccc(OCC(=O)N/N=C/c2ccccc2)c(Br)c1. The highest BCUT2D eigenvalue weighted by molar-refractivity contribution is 9.10. The highest BCUT2D eigenvalue weighted by Crippen LogP contribution is 2.26. The molecule has 0 atom stereocenters. The highest BCUT2D eigenvalue weighted by atomic mass is 79.9. The van der Waals surface area contributed by atoms with E-state index in [1.165, 1.54) is 5.56 Å². The van der Waals surface area contributed by atoms with E-state index < -0.39 is 0 Å². The predicted octanol–water partition coefficient (Wildman–Crippen LogP) is 3.54. The highest BCUT2D eigenvalue weighted by Gasteiger charge is 2.05. The third kappa shape index (κ3) is 5.00. The van der Waals surface area contributed by atoms with Crippen LogP contribution in [-0.4, -0.2) is 18.7 Å². The summed E-state index contributed by atoms with van der Waals surface area (Å²) in [6, 6.07) is 15.4. The third-order valence-corrected chi connectivity index (χ3v) is 3.59. The minimum atomic E-state index is -0.307. The van der Waals surface area contributed by atoms with Crippen molar-refractivity contribution in [1.82, 2.24) is 5.43 Å². The van der Waals surface area contributed by atoms with Gasteiger partial charge in [-0.25, -0.2) is 5.43 Å². The van der Waals surface area contributed by atoms with E-state index in [1.807, 2.05) is 48.5 Å². The summed E-state index contributed by atoms with van der Waals surface area (Å²) < 4.78 is 6.31. The van der Waals surface area contributed by atoms with Crippen LogP contribution in [0.1, 0.15) is 18.1 Å². The van der Waals surface area contributed by atoms with Gasteiger partial charge in [-0.3, -0.25) is 4.79 Å². The van der Waals surface area contributed by atoms with Gasteiger partial charge in [0.25, 0.3) is 5.91 Å². The van der Waals surface area contributed by atoms with Gasteiger partial charge in [-0.15, -0.1) is 0 Å². The monoisotopic (exact) mass is 360 g/mol. The summed E-state index contributed by atoms with van der Waals surface area (Å²) in [6.07, 6.45) is 2.54. The van der Waals surface area contributed by atoms with Crippen LogP contribution < -0.4 is 10.2 Å². The number of carbonyl (C=O) groups excluding carboxylic acids is 1. The number of carbonyl (C=O) groups is 1. The maximum atomic E-state index is 11.7. The molecule has 0 aliphatic rings. The fourth-order valence-electron chi connectivity index (χ4n) is 1.77. The quantitative estimate of drug-likeness (QED) is 0.632. The van der Waals surface area contributed by atoms with Gasteiger partial charge in [0.2, 0.25) is 0 Å². The smallest absolute Gasteiger partial charge is 0.277 e. The van der Waals surface area contributed by atoms with Crippen molar-refractivity contribution >= 4 is 28.1 Å². The van der Waals surface area contributed by atoms with Crippen molar-refractivity contribution in [3.8, 4) is 5.75 Å².